The van der Waals surface area contributed by atoms with Crippen molar-refractivity contribution in [2.75, 3.05) is 0 Å². The van der Waals surface area contributed by atoms with Gasteiger partial charge in [-0.3, -0.25) is 0 Å². The number of ether oxygens (including phenoxy) is 2. The maximum Gasteiger partial charge on any atom is 0.435 e. The van der Waals surface area contributed by atoms with Gasteiger partial charge in [0, 0.05) is 6.20 Å². The van der Waals surface area contributed by atoms with Crippen LogP contribution in [0.1, 0.15) is 27.8 Å². The highest BCUT2D eigenvalue weighted by atomic mass is 19.4. The number of rotatable bonds is 6. The van der Waals surface area contributed by atoms with Crippen molar-refractivity contribution in [3.8, 4) is 17.2 Å². The zero-order chi connectivity index (χ0) is 22.7. The molecule has 0 amide bonds. The lowest BCUT2D eigenvalue weighted by Crippen LogP contribution is -2.09. The van der Waals surface area contributed by atoms with Crippen LogP contribution in [-0.2, 0) is 12.8 Å². The molecule has 2 aromatic heterocycles. The largest absolute Gasteiger partial charge is 0.484 e. The van der Waals surface area contributed by atoms with E-state index in [-0.39, 0.29) is 12.2 Å². The maximum absolute atomic E-state index is 12.7. The number of carbonyl (C=O) groups excluding carboxylic acids is 1. The molecular formula is C21H15F3N4O4. The Hall–Kier alpha value is -4.15. The Bertz CT molecular complexity index is 1220. The second-order valence-electron chi connectivity index (χ2n) is 6.58. The number of hydrogen-bond acceptors (Lipinski definition) is 7. The molecule has 0 radical (unpaired) electrons. The van der Waals surface area contributed by atoms with E-state index in [1.807, 2.05) is 0 Å². The molecule has 2 heterocycles. The minimum absolute atomic E-state index is 0.104. The topological polar surface area (TPSA) is 92.3 Å². The van der Waals surface area contributed by atoms with E-state index in [0.717, 1.165) is 10.7 Å². The van der Waals surface area contributed by atoms with Gasteiger partial charge in [-0.2, -0.15) is 23.3 Å². The van der Waals surface area contributed by atoms with Crippen LogP contribution in [0.4, 0.5) is 13.2 Å². The van der Waals surface area contributed by atoms with Crippen molar-refractivity contribution in [2.45, 2.75) is 19.7 Å². The summed E-state index contributed by atoms with van der Waals surface area (Å²) in [6.07, 6.45) is -3.33. The number of esters is 1. The predicted octanol–water partition coefficient (Wildman–Crippen LogP) is 4.38. The van der Waals surface area contributed by atoms with Crippen LogP contribution < -0.4 is 9.47 Å². The van der Waals surface area contributed by atoms with Gasteiger partial charge >= 0.3 is 12.1 Å². The summed E-state index contributed by atoms with van der Waals surface area (Å²) >= 11 is 0. The van der Waals surface area contributed by atoms with Crippen molar-refractivity contribution in [2.24, 2.45) is 0 Å². The third kappa shape index (κ3) is 4.94. The highest BCUT2D eigenvalue weighted by Gasteiger charge is 2.33. The third-order valence-corrected chi connectivity index (χ3v) is 4.21. The zero-order valence-corrected chi connectivity index (χ0v) is 16.5. The number of alkyl halides is 3. The SMILES string of the molecule is Cc1noc(COc2ccc(OC(=O)c3ccc(-n4ccc(C(F)(F)F)n4)cc3)cc2)n1. The van der Waals surface area contributed by atoms with Gasteiger partial charge in [0.2, 0.25) is 0 Å². The molecule has 32 heavy (non-hydrogen) atoms. The summed E-state index contributed by atoms with van der Waals surface area (Å²) in [5, 5.41) is 7.15. The van der Waals surface area contributed by atoms with Gasteiger partial charge in [-0.25, -0.2) is 9.48 Å². The average Bonchev–Trinajstić information content (AvgIpc) is 3.43. The normalized spacial score (nSPS) is 11.4. The summed E-state index contributed by atoms with van der Waals surface area (Å²) in [6.45, 7) is 1.80. The second kappa shape index (κ2) is 8.53. The van der Waals surface area contributed by atoms with Crippen molar-refractivity contribution in [1.29, 1.82) is 0 Å². The van der Waals surface area contributed by atoms with Gasteiger partial charge in [0.15, 0.2) is 18.1 Å². The van der Waals surface area contributed by atoms with Crippen LogP contribution in [-0.4, -0.2) is 25.9 Å². The molecule has 0 bridgehead atoms. The van der Waals surface area contributed by atoms with E-state index in [4.69, 9.17) is 14.0 Å². The van der Waals surface area contributed by atoms with E-state index < -0.39 is 17.8 Å². The molecule has 164 valence electrons. The fourth-order valence-corrected chi connectivity index (χ4v) is 2.68. The minimum Gasteiger partial charge on any atom is -0.484 e. The van der Waals surface area contributed by atoms with Crippen molar-refractivity contribution >= 4 is 5.97 Å². The molecule has 11 heteroatoms. The number of aromatic nitrogens is 4. The molecule has 0 saturated heterocycles. The van der Waals surface area contributed by atoms with E-state index in [1.54, 1.807) is 31.2 Å². The van der Waals surface area contributed by atoms with Crippen molar-refractivity contribution < 1.29 is 32.0 Å². The molecule has 8 nitrogen and oxygen atoms in total. The zero-order valence-electron chi connectivity index (χ0n) is 16.5. The first-order valence-corrected chi connectivity index (χ1v) is 9.25. The van der Waals surface area contributed by atoms with Crippen LogP contribution in [0.25, 0.3) is 5.69 Å². The number of hydrogen-bond donors (Lipinski definition) is 0. The Balaban J connectivity index is 1.35. The molecule has 4 rings (SSSR count). The summed E-state index contributed by atoms with van der Waals surface area (Å²) in [6, 6.07) is 13.0. The lowest BCUT2D eigenvalue weighted by Gasteiger charge is -2.07. The molecule has 0 saturated carbocycles. The lowest BCUT2D eigenvalue weighted by atomic mass is 10.2. The van der Waals surface area contributed by atoms with Gasteiger partial charge in [0.05, 0.1) is 11.3 Å². The molecule has 0 unspecified atom stereocenters. The smallest absolute Gasteiger partial charge is 0.435 e. The van der Waals surface area contributed by atoms with Gasteiger partial charge in [-0.15, -0.1) is 0 Å². The Kier molecular flexibility index (Phi) is 5.63. The molecule has 2 aromatic carbocycles. The molecule has 0 spiro atoms. The van der Waals surface area contributed by atoms with Crippen LogP contribution in [0.2, 0.25) is 0 Å². The van der Waals surface area contributed by atoms with E-state index in [9.17, 15) is 18.0 Å². The number of carbonyl (C=O) groups is 1. The Morgan fingerprint density at radius 3 is 2.31 bits per heavy atom. The molecule has 0 aliphatic rings. The van der Waals surface area contributed by atoms with Gasteiger partial charge < -0.3 is 14.0 Å². The first-order chi connectivity index (χ1) is 15.3. The summed E-state index contributed by atoms with van der Waals surface area (Å²) in [5.41, 5.74) is -0.403. The standard InChI is InChI=1S/C21H15F3N4O4/c1-13-25-19(32-27-13)12-30-16-6-8-17(9-7-16)31-20(29)14-2-4-15(5-3-14)28-11-10-18(26-28)21(22,23)24/h2-11H,12H2,1H3. The number of aryl methyl sites for hydroxylation is 1. The quantitative estimate of drug-likeness (QED) is 0.322. The van der Waals surface area contributed by atoms with Gasteiger partial charge in [-0.05, 0) is 61.5 Å². The van der Waals surface area contributed by atoms with E-state index in [0.29, 0.717) is 28.9 Å². The average molecular weight is 444 g/mol. The van der Waals surface area contributed by atoms with Gasteiger partial charge in [0.1, 0.15) is 11.5 Å². The molecule has 0 aliphatic carbocycles. The first-order valence-electron chi connectivity index (χ1n) is 9.25. The van der Waals surface area contributed by atoms with E-state index in [2.05, 4.69) is 15.2 Å². The Morgan fingerprint density at radius 1 is 1.03 bits per heavy atom. The molecule has 0 N–H and O–H groups in total. The third-order valence-electron chi connectivity index (χ3n) is 4.21. The van der Waals surface area contributed by atoms with Crippen LogP contribution in [0.3, 0.4) is 0 Å². The van der Waals surface area contributed by atoms with Crippen molar-refractivity contribution in [3.05, 3.63) is 83.8 Å². The maximum atomic E-state index is 12.7. The van der Waals surface area contributed by atoms with Crippen molar-refractivity contribution in [1.82, 2.24) is 19.9 Å². The first kappa shape index (κ1) is 21.1. The fourth-order valence-electron chi connectivity index (χ4n) is 2.68. The predicted molar refractivity (Wildman–Crippen MR) is 103 cm³/mol. The summed E-state index contributed by atoms with van der Waals surface area (Å²) in [5.74, 6) is 1.04. The molecule has 0 fully saturated rings. The lowest BCUT2D eigenvalue weighted by molar-refractivity contribution is -0.141. The second-order valence-corrected chi connectivity index (χ2v) is 6.58. The Labute approximate surface area is 179 Å². The van der Waals surface area contributed by atoms with Crippen LogP contribution in [0.5, 0.6) is 11.5 Å². The highest BCUT2D eigenvalue weighted by Crippen LogP contribution is 2.28. The van der Waals surface area contributed by atoms with Gasteiger partial charge in [-0.1, -0.05) is 5.16 Å². The number of benzene rings is 2. The summed E-state index contributed by atoms with van der Waals surface area (Å²) < 4.78 is 54.9. The highest BCUT2D eigenvalue weighted by molar-refractivity contribution is 5.91. The fraction of sp³-hybridized carbons (Fsp3) is 0.143. The van der Waals surface area contributed by atoms with E-state index in [1.165, 1.54) is 30.5 Å². The molecule has 4 aromatic rings. The van der Waals surface area contributed by atoms with E-state index >= 15 is 0 Å². The van der Waals surface area contributed by atoms with Crippen molar-refractivity contribution in [3.63, 3.8) is 0 Å². The monoisotopic (exact) mass is 444 g/mol. The Morgan fingerprint density at radius 2 is 1.72 bits per heavy atom. The van der Waals surface area contributed by atoms with Gasteiger partial charge in [0.25, 0.3) is 5.89 Å². The minimum atomic E-state index is -4.53. The van der Waals surface area contributed by atoms with Crippen LogP contribution >= 0.6 is 0 Å². The molecule has 0 atom stereocenters. The summed E-state index contributed by atoms with van der Waals surface area (Å²) in [4.78, 5) is 16.4. The number of nitrogens with zero attached hydrogens (tertiary/aromatic N) is 4. The van der Waals surface area contributed by atoms with Crippen LogP contribution in [0.15, 0.2) is 65.3 Å². The molecular weight excluding hydrogens is 429 g/mol. The molecule has 0 aliphatic heterocycles. The number of halogens is 3. The summed E-state index contributed by atoms with van der Waals surface area (Å²) in [7, 11) is 0. The van der Waals surface area contributed by atoms with Crippen LogP contribution in [0, 0.1) is 6.92 Å².